The van der Waals surface area contributed by atoms with Gasteiger partial charge in [-0.2, -0.15) is 0 Å². The minimum Gasteiger partial charge on any atom is -0.398 e. The lowest BCUT2D eigenvalue weighted by Gasteiger charge is -2.08. The average molecular weight is 317 g/mol. The fraction of sp³-hybridized carbons (Fsp3) is 0.0833. The quantitative estimate of drug-likeness (QED) is 0.883. The third-order valence-corrected chi connectivity index (χ3v) is 4.82. The average Bonchev–Trinajstić information content (AvgIpc) is 2.31. The zero-order valence-electron chi connectivity index (χ0n) is 9.68. The zero-order chi connectivity index (χ0) is 14.0. The minimum atomic E-state index is -3.58. The van der Waals surface area contributed by atoms with Gasteiger partial charge >= 0.3 is 0 Å². The molecule has 0 aliphatic rings. The maximum Gasteiger partial charge on any atom is 0.184 e. The number of nitrogen functional groups attached to an aromatic ring is 1. The normalized spacial score (nSPS) is 11.5. The molecule has 2 N–H and O–H groups in total. The number of halogens is 2. The maximum atomic E-state index is 12.3. The van der Waals surface area contributed by atoms with Gasteiger partial charge in [-0.25, -0.2) is 8.42 Å². The summed E-state index contributed by atoms with van der Waals surface area (Å²) in [6, 6.07) is 5.84. The van der Waals surface area contributed by atoms with E-state index in [1.807, 2.05) is 0 Å². The number of rotatable bonds is 3. The number of anilines is 1. The molecule has 1 heterocycles. The van der Waals surface area contributed by atoms with Crippen LogP contribution >= 0.6 is 23.2 Å². The van der Waals surface area contributed by atoms with Crippen molar-refractivity contribution in [2.24, 2.45) is 0 Å². The first kappa shape index (κ1) is 14.1. The molecule has 100 valence electrons. The molecule has 0 aliphatic heterocycles. The van der Waals surface area contributed by atoms with E-state index in [0.29, 0.717) is 15.6 Å². The van der Waals surface area contributed by atoms with Gasteiger partial charge in [0.2, 0.25) is 0 Å². The van der Waals surface area contributed by atoms with Gasteiger partial charge in [0.15, 0.2) is 9.84 Å². The first-order valence-electron chi connectivity index (χ1n) is 5.26. The molecule has 0 radical (unpaired) electrons. The predicted octanol–water partition coefficient (Wildman–Crippen LogP) is 2.94. The Kier molecular flexibility index (Phi) is 3.99. The first-order chi connectivity index (χ1) is 8.90. The highest BCUT2D eigenvalue weighted by molar-refractivity contribution is 7.90. The Labute approximate surface area is 121 Å². The van der Waals surface area contributed by atoms with Gasteiger partial charge in [-0.1, -0.05) is 23.2 Å². The molecule has 0 amide bonds. The highest BCUT2D eigenvalue weighted by Crippen LogP contribution is 2.27. The Balaban J connectivity index is 2.41. The first-order valence-corrected chi connectivity index (χ1v) is 7.67. The van der Waals surface area contributed by atoms with Crippen LogP contribution in [0, 0.1) is 0 Å². The van der Waals surface area contributed by atoms with E-state index in [2.05, 4.69) is 4.98 Å². The van der Waals surface area contributed by atoms with Crippen molar-refractivity contribution >= 4 is 38.7 Å². The molecule has 0 atom stereocenters. The summed E-state index contributed by atoms with van der Waals surface area (Å²) in [5.41, 5.74) is 6.29. The van der Waals surface area contributed by atoms with E-state index < -0.39 is 9.84 Å². The molecule has 1 aromatic carbocycles. The van der Waals surface area contributed by atoms with Crippen LogP contribution in [0.3, 0.4) is 0 Å². The van der Waals surface area contributed by atoms with Gasteiger partial charge in [-0.3, -0.25) is 4.98 Å². The highest BCUT2D eigenvalue weighted by Gasteiger charge is 2.19. The van der Waals surface area contributed by atoms with Crippen LogP contribution in [0.15, 0.2) is 41.6 Å². The van der Waals surface area contributed by atoms with Crippen LogP contribution in [-0.4, -0.2) is 13.4 Å². The number of benzene rings is 1. The Bertz CT molecular complexity index is 717. The number of aromatic nitrogens is 1. The third-order valence-electron chi connectivity index (χ3n) is 2.51. The molecule has 2 rings (SSSR count). The van der Waals surface area contributed by atoms with Crippen molar-refractivity contribution in [1.29, 1.82) is 0 Å². The largest absolute Gasteiger partial charge is 0.398 e. The Morgan fingerprint density at radius 2 is 1.95 bits per heavy atom. The van der Waals surface area contributed by atoms with Crippen molar-refractivity contribution in [3.05, 3.63) is 52.3 Å². The zero-order valence-corrected chi connectivity index (χ0v) is 12.0. The predicted molar refractivity (Wildman–Crippen MR) is 76.0 cm³/mol. The number of nitrogens with zero attached hydrogens (tertiary/aromatic N) is 1. The summed E-state index contributed by atoms with van der Waals surface area (Å²) in [6.07, 6.45) is 2.89. The van der Waals surface area contributed by atoms with E-state index in [1.54, 1.807) is 6.07 Å². The fourth-order valence-corrected chi connectivity index (χ4v) is 3.56. The molecule has 1 aromatic heterocycles. The SMILES string of the molecule is Nc1cc(Cl)ccc1S(=O)(=O)Cc1ccncc1Cl. The number of pyridine rings is 1. The molecule has 0 saturated carbocycles. The van der Waals surface area contributed by atoms with Crippen molar-refractivity contribution in [2.45, 2.75) is 10.6 Å². The smallest absolute Gasteiger partial charge is 0.184 e. The van der Waals surface area contributed by atoms with Crippen LogP contribution < -0.4 is 5.73 Å². The highest BCUT2D eigenvalue weighted by atomic mass is 35.5. The molecule has 7 heteroatoms. The fourth-order valence-electron chi connectivity index (χ4n) is 1.61. The van der Waals surface area contributed by atoms with Gasteiger partial charge in [0.05, 0.1) is 21.4 Å². The molecule has 0 aliphatic carbocycles. The van der Waals surface area contributed by atoms with Crippen LogP contribution in [0.5, 0.6) is 0 Å². The number of hydrogen-bond acceptors (Lipinski definition) is 4. The number of sulfone groups is 1. The summed E-state index contributed by atoms with van der Waals surface area (Å²) >= 11 is 11.7. The van der Waals surface area contributed by atoms with Gasteiger partial charge in [-0.05, 0) is 29.8 Å². The van der Waals surface area contributed by atoms with E-state index in [4.69, 9.17) is 28.9 Å². The van der Waals surface area contributed by atoms with E-state index in [1.165, 1.54) is 30.6 Å². The molecule has 2 aromatic rings. The minimum absolute atomic E-state index is 0.0461. The molecule has 0 saturated heterocycles. The monoisotopic (exact) mass is 316 g/mol. The lowest BCUT2D eigenvalue weighted by atomic mass is 10.3. The third kappa shape index (κ3) is 3.18. The van der Waals surface area contributed by atoms with Gasteiger partial charge < -0.3 is 5.73 Å². The van der Waals surface area contributed by atoms with Gasteiger partial charge in [-0.15, -0.1) is 0 Å². The van der Waals surface area contributed by atoms with Crippen LogP contribution in [0.2, 0.25) is 10.0 Å². The Morgan fingerprint density at radius 1 is 1.21 bits per heavy atom. The van der Waals surface area contributed by atoms with E-state index in [9.17, 15) is 8.42 Å². The molecule has 0 unspecified atom stereocenters. The van der Waals surface area contributed by atoms with Crippen molar-refractivity contribution in [1.82, 2.24) is 4.98 Å². The van der Waals surface area contributed by atoms with E-state index in [0.717, 1.165) is 0 Å². The second-order valence-corrected chi connectivity index (χ2v) is 6.71. The molecule has 0 fully saturated rings. The van der Waals surface area contributed by atoms with Crippen molar-refractivity contribution in [3.8, 4) is 0 Å². The second kappa shape index (κ2) is 5.36. The molecule has 4 nitrogen and oxygen atoms in total. The summed E-state index contributed by atoms with van der Waals surface area (Å²) in [7, 11) is -3.58. The molecule has 0 spiro atoms. The maximum absolute atomic E-state index is 12.3. The lowest BCUT2D eigenvalue weighted by molar-refractivity contribution is 0.595. The van der Waals surface area contributed by atoms with E-state index in [-0.39, 0.29) is 16.3 Å². The Hall–Kier alpha value is -1.30. The Morgan fingerprint density at radius 3 is 2.58 bits per heavy atom. The van der Waals surface area contributed by atoms with Crippen LogP contribution in [0.4, 0.5) is 5.69 Å². The van der Waals surface area contributed by atoms with Gasteiger partial charge in [0.25, 0.3) is 0 Å². The molecular formula is C12H10Cl2N2O2S. The lowest BCUT2D eigenvalue weighted by Crippen LogP contribution is -2.08. The van der Waals surface area contributed by atoms with Crippen molar-refractivity contribution < 1.29 is 8.42 Å². The van der Waals surface area contributed by atoms with Crippen LogP contribution in [-0.2, 0) is 15.6 Å². The van der Waals surface area contributed by atoms with Gasteiger partial charge in [0, 0.05) is 17.4 Å². The van der Waals surface area contributed by atoms with E-state index >= 15 is 0 Å². The second-order valence-electron chi connectivity index (χ2n) is 3.91. The molecule has 0 bridgehead atoms. The van der Waals surface area contributed by atoms with Gasteiger partial charge in [0.1, 0.15) is 0 Å². The summed E-state index contributed by atoms with van der Waals surface area (Å²) in [4.78, 5) is 3.85. The summed E-state index contributed by atoms with van der Waals surface area (Å²) in [5, 5.41) is 0.692. The topological polar surface area (TPSA) is 73.1 Å². The van der Waals surface area contributed by atoms with Crippen molar-refractivity contribution in [3.63, 3.8) is 0 Å². The standard InChI is InChI=1S/C12H10Cl2N2O2S/c13-9-1-2-12(11(15)5-9)19(17,18)7-8-3-4-16-6-10(8)14/h1-6H,7,15H2. The van der Waals surface area contributed by atoms with Crippen LogP contribution in [0.25, 0.3) is 0 Å². The summed E-state index contributed by atoms with van der Waals surface area (Å²) < 4.78 is 24.6. The number of nitrogens with two attached hydrogens (primary N) is 1. The van der Waals surface area contributed by atoms with Crippen molar-refractivity contribution in [2.75, 3.05) is 5.73 Å². The summed E-state index contributed by atoms with van der Waals surface area (Å²) in [5.74, 6) is -0.236. The van der Waals surface area contributed by atoms with Crippen LogP contribution in [0.1, 0.15) is 5.56 Å². The molecule has 19 heavy (non-hydrogen) atoms. The summed E-state index contributed by atoms with van der Waals surface area (Å²) in [6.45, 7) is 0. The number of hydrogen-bond donors (Lipinski definition) is 1. The molecular weight excluding hydrogens is 307 g/mol.